The molecule has 0 radical (unpaired) electrons. The van der Waals surface area contributed by atoms with Gasteiger partial charge >= 0.3 is 0 Å². The van der Waals surface area contributed by atoms with Crippen LogP contribution in [0, 0.1) is 0 Å². The predicted octanol–water partition coefficient (Wildman–Crippen LogP) is 5.81. The van der Waals surface area contributed by atoms with Crippen LogP contribution in [0.1, 0.15) is 30.0 Å². The maximum Gasteiger partial charge on any atom is 0.105 e. The Morgan fingerprint density at radius 2 is 0.840 bits per heavy atom. The SMILES string of the molecule is CCC[N+](Cc1ccccc1)(Cc1ccccc1)Cc1ccccc1. The van der Waals surface area contributed by atoms with Gasteiger partial charge in [-0.05, 0) is 6.42 Å². The van der Waals surface area contributed by atoms with E-state index in [0.717, 1.165) is 24.1 Å². The summed E-state index contributed by atoms with van der Waals surface area (Å²) in [6, 6.07) is 32.8. The Labute approximate surface area is 152 Å². The van der Waals surface area contributed by atoms with Gasteiger partial charge in [-0.3, -0.25) is 0 Å². The lowest BCUT2D eigenvalue weighted by molar-refractivity contribution is -0.966. The Hall–Kier alpha value is -2.38. The molecule has 3 aromatic carbocycles. The Morgan fingerprint density at radius 3 is 1.12 bits per heavy atom. The fourth-order valence-electron chi connectivity index (χ4n) is 3.79. The molecule has 0 heterocycles. The van der Waals surface area contributed by atoms with Gasteiger partial charge in [-0.2, -0.15) is 0 Å². The molecule has 25 heavy (non-hydrogen) atoms. The number of quaternary nitrogens is 1. The number of hydrogen-bond acceptors (Lipinski definition) is 0. The van der Waals surface area contributed by atoms with E-state index in [1.807, 2.05) is 0 Å². The van der Waals surface area contributed by atoms with Crippen LogP contribution in [0.5, 0.6) is 0 Å². The lowest BCUT2D eigenvalue weighted by Crippen LogP contribution is -2.46. The van der Waals surface area contributed by atoms with Crippen molar-refractivity contribution in [2.24, 2.45) is 0 Å². The summed E-state index contributed by atoms with van der Waals surface area (Å²) < 4.78 is 1.06. The summed E-state index contributed by atoms with van der Waals surface area (Å²) in [7, 11) is 0. The number of hydrogen-bond donors (Lipinski definition) is 0. The van der Waals surface area contributed by atoms with Gasteiger partial charge in [0, 0.05) is 16.7 Å². The minimum Gasteiger partial charge on any atom is -0.312 e. The van der Waals surface area contributed by atoms with Crippen LogP contribution in [0.4, 0.5) is 0 Å². The Kier molecular flexibility index (Phi) is 6.03. The van der Waals surface area contributed by atoms with Crippen molar-refractivity contribution >= 4 is 0 Å². The molecular formula is C24H28N+. The normalized spacial score (nSPS) is 11.4. The largest absolute Gasteiger partial charge is 0.312 e. The molecular weight excluding hydrogens is 302 g/mol. The zero-order valence-corrected chi connectivity index (χ0v) is 15.1. The molecule has 0 atom stereocenters. The van der Waals surface area contributed by atoms with Crippen LogP contribution in [0.3, 0.4) is 0 Å². The third kappa shape index (κ3) is 5.04. The van der Waals surface area contributed by atoms with Crippen molar-refractivity contribution in [3.05, 3.63) is 108 Å². The zero-order valence-electron chi connectivity index (χ0n) is 15.1. The highest BCUT2D eigenvalue weighted by Gasteiger charge is 2.28. The van der Waals surface area contributed by atoms with E-state index in [0.29, 0.717) is 0 Å². The first-order chi connectivity index (χ1) is 12.3. The Morgan fingerprint density at radius 1 is 0.520 bits per heavy atom. The Balaban J connectivity index is 1.94. The van der Waals surface area contributed by atoms with Crippen molar-refractivity contribution < 1.29 is 4.48 Å². The van der Waals surface area contributed by atoms with Crippen LogP contribution < -0.4 is 0 Å². The average molecular weight is 330 g/mol. The van der Waals surface area contributed by atoms with Crippen LogP contribution in [0.2, 0.25) is 0 Å². The van der Waals surface area contributed by atoms with Crippen molar-refractivity contribution in [3.63, 3.8) is 0 Å². The molecule has 0 bridgehead atoms. The quantitative estimate of drug-likeness (QED) is 0.457. The molecule has 0 spiro atoms. The molecule has 0 aliphatic rings. The van der Waals surface area contributed by atoms with Crippen molar-refractivity contribution in [2.45, 2.75) is 33.0 Å². The lowest BCUT2D eigenvalue weighted by Gasteiger charge is -2.39. The van der Waals surface area contributed by atoms with Gasteiger partial charge < -0.3 is 4.48 Å². The lowest BCUT2D eigenvalue weighted by atomic mass is 10.1. The molecule has 3 rings (SSSR count). The third-order valence-corrected chi connectivity index (χ3v) is 4.78. The minimum absolute atomic E-state index is 1.06. The van der Waals surface area contributed by atoms with Crippen LogP contribution in [0.25, 0.3) is 0 Å². The van der Waals surface area contributed by atoms with Crippen LogP contribution in [-0.4, -0.2) is 11.0 Å². The molecule has 0 fully saturated rings. The van der Waals surface area contributed by atoms with Gasteiger partial charge in [-0.25, -0.2) is 0 Å². The fourth-order valence-corrected chi connectivity index (χ4v) is 3.79. The summed E-state index contributed by atoms with van der Waals surface area (Å²) in [5, 5.41) is 0. The van der Waals surface area contributed by atoms with Gasteiger partial charge in [-0.15, -0.1) is 0 Å². The first-order valence-electron chi connectivity index (χ1n) is 9.26. The fraction of sp³-hybridized carbons (Fsp3) is 0.250. The highest BCUT2D eigenvalue weighted by Crippen LogP contribution is 2.24. The monoisotopic (exact) mass is 330 g/mol. The van der Waals surface area contributed by atoms with Crippen LogP contribution >= 0.6 is 0 Å². The van der Waals surface area contributed by atoms with Crippen LogP contribution in [0.15, 0.2) is 91.0 Å². The van der Waals surface area contributed by atoms with E-state index < -0.39 is 0 Å². The summed E-state index contributed by atoms with van der Waals surface area (Å²) in [5.74, 6) is 0. The number of benzene rings is 3. The van der Waals surface area contributed by atoms with Gasteiger partial charge in [0.25, 0.3) is 0 Å². The first kappa shape index (κ1) is 17.4. The molecule has 0 aliphatic heterocycles. The summed E-state index contributed by atoms with van der Waals surface area (Å²) in [4.78, 5) is 0. The van der Waals surface area contributed by atoms with Crippen molar-refractivity contribution in [1.82, 2.24) is 0 Å². The van der Waals surface area contributed by atoms with Gasteiger partial charge in [-0.1, -0.05) is 97.9 Å². The molecule has 1 heteroatoms. The van der Waals surface area contributed by atoms with Crippen LogP contribution in [-0.2, 0) is 19.6 Å². The second kappa shape index (κ2) is 8.64. The van der Waals surface area contributed by atoms with E-state index in [-0.39, 0.29) is 0 Å². The Bertz CT molecular complexity index is 633. The van der Waals surface area contributed by atoms with E-state index in [2.05, 4.69) is 97.9 Å². The average Bonchev–Trinajstić information content (AvgIpc) is 2.64. The number of rotatable bonds is 8. The molecule has 0 unspecified atom stereocenters. The molecule has 0 aromatic heterocycles. The van der Waals surface area contributed by atoms with E-state index >= 15 is 0 Å². The second-order valence-electron chi connectivity index (χ2n) is 7.00. The summed E-state index contributed by atoms with van der Waals surface area (Å²) >= 11 is 0. The number of nitrogens with zero attached hydrogens (tertiary/aromatic N) is 1. The van der Waals surface area contributed by atoms with Crippen molar-refractivity contribution in [2.75, 3.05) is 6.54 Å². The highest BCUT2D eigenvalue weighted by atomic mass is 15.3. The van der Waals surface area contributed by atoms with E-state index in [1.165, 1.54) is 29.7 Å². The van der Waals surface area contributed by atoms with E-state index in [1.54, 1.807) is 0 Å². The molecule has 3 aromatic rings. The molecule has 1 nitrogen and oxygen atoms in total. The maximum atomic E-state index is 2.30. The highest BCUT2D eigenvalue weighted by molar-refractivity contribution is 5.17. The molecule has 0 saturated carbocycles. The van der Waals surface area contributed by atoms with E-state index in [9.17, 15) is 0 Å². The third-order valence-electron chi connectivity index (χ3n) is 4.78. The summed E-state index contributed by atoms with van der Waals surface area (Å²) in [5.41, 5.74) is 4.26. The molecule has 0 saturated heterocycles. The standard InChI is InChI=1S/C24H28N/c1-2-18-25(19-22-12-6-3-7-13-22,20-23-14-8-4-9-15-23)21-24-16-10-5-11-17-24/h3-17H,2,18-21H2,1H3/q+1. The topological polar surface area (TPSA) is 0 Å². The van der Waals surface area contributed by atoms with Gasteiger partial charge in [0.15, 0.2) is 0 Å². The van der Waals surface area contributed by atoms with E-state index in [4.69, 9.17) is 0 Å². The van der Waals surface area contributed by atoms with Crippen molar-refractivity contribution in [3.8, 4) is 0 Å². The smallest absolute Gasteiger partial charge is 0.105 e. The predicted molar refractivity (Wildman–Crippen MR) is 106 cm³/mol. The zero-order chi connectivity index (χ0) is 17.4. The van der Waals surface area contributed by atoms with Gasteiger partial charge in [0.1, 0.15) is 19.6 Å². The maximum absolute atomic E-state index is 2.30. The molecule has 0 aliphatic carbocycles. The second-order valence-corrected chi connectivity index (χ2v) is 7.00. The first-order valence-corrected chi connectivity index (χ1v) is 9.26. The molecule has 0 amide bonds. The van der Waals surface area contributed by atoms with Gasteiger partial charge in [0.05, 0.1) is 6.54 Å². The summed E-state index contributed by atoms with van der Waals surface area (Å²) in [6.45, 7) is 6.68. The van der Waals surface area contributed by atoms with Gasteiger partial charge in [0.2, 0.25) is 0 Å². The molecule has 128 valence electrons. The summed E-state index contributed by atoms with van der Waals surface area (Å²) in [6.07, 6.45) is 1.19. The van der Waals surface area contributed by atoms with Crippen molar-refractivity contribution in [1.29, 1.82) is 0 Å². The minimum atomic E-state index is 1.06. The molecule has 0 N–H and O–H groups in total.